The Morgan fingerprint density at radius 1 is 1.03 bits per heavy atom. The first-order valence-electron chi connectivity index (χ1n) is 9.69. The van der Waals surface area contributed by atoms with Gasteiger partial charge in [0.25, 0.3) is 0 Å². The second-order valence-electron chi connectivity index (χ2n) is 7.90. The van der Waals surface area contributed by atoms with Crippen LogP contribution in [0.3, 0.4) is 0 Å². The van der Waals surface area contributed by atoms with Gasteiger partial charge in [-0.25, -0.2) is 14.3 Å². The molecule has 4 rings (SSSR count). The fourth-order valence-corrected chi connectivity index (χ4v) is 3.33. The van der Waals surface area contributed by atoms with Crippen molar-refractivity contribution in [1.29, 1.82) is 0 Å². The van der Waals surface area contributed by atoms with Crippen molar-refractivity contribution in [1.82, 2.24) is 14.5 Å². The van der Waals surface area contributed by atoms with E-state index in [4.69, 9.17) is 14.6 Å². The molecule has 0 saturated carbocycles. The van der Waals surface area contributed by atoms with Gasteiger partial charge in [0.2, 0.25) is 5.88 Å². The van der Waals surface area contributed by atoms with E-state index in [-0.39, 0.29) is 13.2 Å². The lowest BCUT2D eigenvalue weighted by Crippen LogP contribution is -2.27. The molecular formula is C23H23N3O4. The molecule has 0 radical (unpaired) electrons. The molecule has 1 N–H and O–H groups in total. The minimum absolute atomic E-state index is 0.0653. The highest BCUT2D eigenvalue weighted by atomic mass is 16.6. The number of nitrogens with zero attached hydrogens (tertiary/aromatic N) is 3. The predicted molar refractivity (Wildman–Crippen MR) is 115 cm³/mol. The van der Waals surface area contributed by atoms with Crippen molar-refractivity contribution < 1.29 is 19.4 Å². The molecule has 0 atom stereocenters. The largest absolute Gasteiger partial charge is 0.475 e. The monoisotopic (exact) mass is 405 g/mol. The molecule has 0 bridgehead atoms. The molecule has 7 heteroatoms. The van der Waals surface area contributed by atoms with Crippen LogP contribution in [0.15, 0.2) is 55.0 Å². The minimum Gasteiger partial charge on any atom is -0.475 e. The first-order chi connectivity index (χ1) is 14.4. The highest BCUT2D eigenvalue weighted by Crippen LogP contribution is 2.32. The summed E-state index contributed by atoms with van der Waals surface area (Å²) in [5.41, 5.74) is 2.66. The van der Waals surface area contributed by atoms with Gasteiger partial charge in [0.05, 0.1) is 17.6 Å². The van der Waals surface area contributed by atoms with E-state index in [1.807, 2.05) is 51.1 Å². The summed E-state index contributed by atoms with van der Waals surface area (Å²) in [6.45, 7) is 5.67. The van der Waals surface area contributed by atoms with Gasteiger partial charge < -0.3 is 14.6 Å². The van der Waals surface area contributed by atoms with Crippen molar-refractivity contribution in [3.8, 4) is 17.0 Å². The molecule has 3 aromatic heterocycles. The highest BCUT2D eigenvalue weighted by molar-refractivity contribution is 6.13. The highest BCUT2D eigenvalue weighted by Gasteiger charge is 2.22. The van der Waals surface area contributed by atoms with Crippen molar-refractivity contribution in [3.63, 3.8) is 0 Å². The molecule has 0 unspecified atom stereocenters. The topological polar surface area (TPSA) is 86.5 Å². The van der Waals surface area contributed by atoms with Crippen molar-refractivity contribution in [3.05, 3.63) is 55.0 Å². The van der Waals surface area contributed by atoms with E-state index in [0.717, 1.165) is 32.9 Å². The molecule has 0 fully saturated rings. The Bertz CT molecular complexity index is 1210. The third-order valence-electron chi connectivity index (χ3n) is 4.55. The van der Waals surface area contributed by atoms with Gasteiger partial charge in [-0.1, -0.05) is 12.1 Å². The van der Waals surface area contributed by atoms with Gasteiger partial charge in [-0.2, -0.15) is 0 Å². The molecule has 7 nitrogen and oxygen atoms in total. The number of fused-ring (bicyclic) bond motifs is 3. The number of hydrogen-bond donors (Lipinski definition) is 1. The summed E-state index contributed by atoms with van der Waals surface area (Å²) < 4.78 is 12.6. The Morgan fingerprint density at radius 3 is 2.53 bits per heavy atom. The van der Waals surface area contributed by atoms with Gasteiger partial charge >= 0.3 is 6.09 Å². The molecule has 154 valence electrons. The zero-order valence-electron chi connectivity index (χ0n) is 17.1. The predicted octanol–water partition coefficient (Wildman–Crippen LogP) is 4.41. The van der Waals surface area contributed by atoms with Crippen molar-refractivity contribution >= 4 is 27.9 Å². The van der Waals surface area contributed by atoms with Crippen molar-refractivity contribution in [2.24, 2.45) is 0 Å². The Kier molecular flexibility index (Phi) is 5.13. The first-order valence-corrected chi connectivity index (χ1v) is 9.69. The van der Waals surface area contributed by atoms with Crippen molar-refractivity contribution in [2.45, 2.75) is 26.4 Å². The van der Waals surface area contributed by atoms with Crippen LogP contribution in [-0.2, 0) is 4.74 Å². The van der Waals surface area contributed by atoms with Crippen LogP contribution in [0, 0.1) is 0 Å². The van der Waals surface area contributed by atoms with Crippen LogP contribution in [0.4, 0.5) is 4.79 Å². The zero-order valence-corrected chi connectivity index (χ0v) is 17.1. The first kappa shape index (κ1) is 19.8. The van der Waals surface area contributed by atoms with Crippen LogP contribution in [-0.4, -0.2) is 44.5 Å². The molecule has 30 heavy (non-hydrogen) atoms. The smallest absolute Gasteiger partial charge is 0.419 e. The van der Waals surface area contributed by atoms with Crippen LogP contribution in [0.2, 0.25) is 0 Å². The fourth-order valence-electron chi connectivity index (χ4n) is 3.33. The van der Waals surface area contributed by atoms with Gasteiger partial charge in [-0.15, -0.1) is 0 Å². The Labute approximate surface area is 173 Å². The maximum atomic E-state index is 13.0. The van der Waals surface area contributed by atoms with E-state index in [1.165, 1.54) is 0 Å². The third kappa shape index (κ3) is 3.84. The van der Waals surface area contributed by atoms with Crippen LogP contribution in [0.1, 0.15) is 20.8 Å². The number of aliphatic hydroxyl groups is 1. The molecule has 4 aromatic rings. The second-order valence-corrected chi connectivity index (χ2v) is 7.90. The normalized spacial score (nSPS) is 11.7. The quantitative estimate of drug-likeness (QED) is 0.541. The lowest BCUT2D eigenvalue weighted by molar-refractivity contribution is 0.0551. The Balaban J connectivity index is 1.82. The number of ether oxygens (including phenoxy) is 2. The number of carbonyl (C=O) groups is 1. The molecule has 0 aliphatic carbocycles. The van der Waals surface area contributed by atoms with Gasteiger partial charge in [0, 0.05) is 41.0 Å². The molecule has 0 aliphatic rings. The number of carbonyl (C=O) groups excluding carboxylic acids is 1. The maximum absolute atomic E-state index is 13.0. The molecule has 0 spiro atoms. The molecule has 0 saturated heterocycles. The van der Waals surface area contributed by atoms with Crippen LogP contribution >= 0.6 is 0 Å². The molecule has 0 amide bonds. The Hall–Kier alpha value is -3.45. The SMILES string of the molecule is CC(C)(C)OC(=O)n1c2ccncc2c2ccc(-c3ccc(OCCO)nc3)cc21. The van der Waals surface area contributed by atoms with E-state index >= 15 is 0 Å². The van der Waals surface area contributed by atoms with E-state index < -0.39 is 11.7 Å². The average Bonchev–Trinajstić information content (AvgIpc) is 3.05. The van der Waals surface area contributed by atoms with Gasteiger partial charge in [-0.05, 0) is 44.5 Å². The lowest BCUT2D eigenvalue weighted by atomic mass is 10.1. The number of benzene rings is 1. The summed E-state index contributed by atoms with van der Waals surface area (Å²) in [6, 6.07) is 11.4. The third-order valence-corrected chi connectivity index (χ3v) is 4.55. The Morgan fingerprint density at radius 2 is 1.83 bits per heavy atom. The summed E-state index contributed by atoms with van der Waals surface area (Å²) in [4.78, 5) is 21.5. The van der Waals surface area contributed by atoms with E-state index in [1.54, 1.807) is 29.2 Å². The van der Waals surface area contributed by atoms with Crippen molar-refractivity contribution in [2.75, 3.05) is 13.2 Å². The van der Waals surface area contributed by atoms with Gasteiger partial charge in [-0.3, -0.25) is 4.98 Å². The summed E-state index contributed by atoms with van der Waals surface area (Å²) in [6.07, 6.45) is 4.69. The molecular weight excluding hydrogens is 382 g/mol. The van der Waals surface area contributed by atoms with E-state index in [9.17, 15) is 4.79 Å². The summed E-state index contributed by atoms with van der Waals surface area (Å²) in [7, 11) is 0. The van der Waals surface area contributed by atoms with Gasteiger partial charge in [0.15, 0.2) is 0 Å². The van der Waals surface area contributed by atoms with E-state index in [0.29, 0.717) is 5.88 Å². The minimum atomic E-state index is -0.612. The number of pyridine rings is 2. The van der Waals surface area contributed by atoms with Gasteiger partial charge in [0.1, 0.15) is 12.2 Å². The number of rotatable bonds is 4. The summed E-state index contributed by atoms with van der Waals surface area (Å²) in [5.74, 6) is 0.447. The lowest BCUT2D eigenvalue weighted by Gasteiger charge is -2.20. The zero-order chi connectivity index (χ0) is 21.3. The molecule has 0 aliphatic heterocycles. The fraction of sp³-hybridized carbons (Fsp3) is 0.261. The molecule has 1 aromatic carbocycles. The summed E-state index contributed by atoms with van der Waals surface area (Å²) >= 11 is 0. The van der Waals surface area contributed by atoms with Crippen LogP contribution < -0.4 is 4.74 Å². The number of aromatic nitrogens is 3. The van der Waals surface area contributed by atoms with Crippen LogP contribution in [0.5, 0.6) is 5.88 Å². The second kappa shape index (κ2) is 7.76. The molecule has 3 heterocycles. The standard InChI is InChI=1S/C23H23N3O4/c1-23(2,3)30-22(28)26-19-8-9-24-14-18(19)17-6-4-15(12-20(17)26)16-5-7-21(25-13-16)29-11-10-27/h4-9,12-14,27H,10-11H2,1-3H3. The maximum Gasteiger partial charge on any atom is 0.419 e. The van der Waals surface area contributed by atoms with E-state index in [2.05, 4.69) is 9.97 Å². The number of aliphatic hydroxyl groups excluding tert-OH is 1. The average molecular weight is 405 g/mol. The number of hydrogen-bond acceptors (Lipinski definition) is 6. The van der Waals surface area contributed by atoms with Crippen LogP contribution in [0.25, 0.3) is 32.9 Å². The summed E-state index contributed by atoms with van der Waals surface area (Å²) in [5, 5.41) is 10.7.